The van der Waals surface area contributed by atoms with E-state index in [1.165, 1.54) is 18.2 Å². The van der Waals surface area contributed by atoms with E-state index in [1.807, 2.05) is 0 Å². The number of halogens is 4. The highest BCUT2D eigenvalue weighted by Gasteiger charge is 2.36. The summed E-state index contributed by atoms with van der Waals surface area (Å²) in [5, 5.41) is 9.66. The molecule has 0 bridgehead atoms. The fourth-order valence-electron chi connectivity index (χ4n) is 2.09. The van der Waals surface area contributed by atoms with Crippen LogP contribution in [-0.4, -0.2) is 25.8 Å². The summed E-state index contributed by atoms with van der Waals surface area (Å²) in [4.78, 5) is 22.6. The molecule has 0 aliphatic heterocycles. The fraction of sp³-hybridized carbons (Fsp3) is 0.0667. The normalized spacial score (nSPS) is 11.7. The minimum atomic E-state index is -4.88. The Morgan fingerprint density at radius 1 is 1.08 bits per heavy atom. The van der Waals surface area contributed by atoms with Crippen LogP contribution in [0.4, 0.5) is 17.6 Å². The standard InChI is InChI=1S/C15H7F4N3O2/c16-7-4-5-9(20-6-7)13(24)12-11-8(2-1-3-10(11)23)21-14(22-12)15(17,18)19/h1-6,23H. The molecule has 0 saturated carbocycles. The molecule has 0 saturated heterocycles. The molecule has 1 N–H and O–H groups in total. The Morgan fingerprint density at radius 3 is 2.46 bits per heavy atom. The Kier molecular flexibility index (Phi) is 3.63. The minimum absolute atomic E-state index is 0.235. The van der Waals surface area contributed by atoms with Crippen LogP contribution in [0.3, 0.4) is 0 Å². The van der Waals surface area contributed by atoms with Gasteiger partial charge >= 0.3 is 6.18 Å². The average molecular weight is 337 g/mol. The van der Waals surface area contributed by atoms with Gasteiger partial charge in [0.2, 0.25) is 11.6 Å². The van der Waals surface area contributed by atoms with E-state index in [9.17, 15) is 27.5 Å². The van der Waals surface area contributed by atoms with Crippen LogP contribution in [0.15, 0.2) is 36.5 Å². The molecule has 0 unspecified atom stereocenters. The Hall–Kier alpha value is -3.10. The van der Waals surface area contributed by atoms with Gasteiger partial charge in [0.25, 0.3) is 0 Å². The van der Waals surface area contributed by atoms with Crippen molar-refractivity contribution in [2.75, 3.05) is 0 Å². The molecule has 0 radical (unpaired) electrons. The summed E-state index contributed by atoms with van der Waals surface area (Å²) in [6.45, 7) is 0. The van der Waals surface area contributed by atoms with Crippen LogP contribution < -0.4 is 0 Å². The number of carbonyl (C=O) groups is 1. The predicted octanol–water partition coefficient (Wildman–Crippen LogP) is 3.12. The van der Waals surface area contributed by atoms with Gasteiger partial charge in [-0.05, 0) is 24.3 Å². The number of hydrogen-bond donors (Lipinski definition) is 1. The first kappa shape index (κ1) is 15.8. The van der Waals surface area contributed by atoms with Crippen LogP contribution in [0.2, 0.25) is 0 Å². The lowest BCUT2D eigenvalue weighted by Gasteiger charge is -2.10. The van der Waals surface area contributed by atoms with Gasteiger partial charge in [-0.3, -0.25) is 4.79 Å². The van der Waals surface area contributed by atoms with E-state index < -0.39 is 35.0 Å². The van der Waals surface area contributed by atoms with E-state index in [4.69, 9.17) is 0 Å². The predicted molar refractivity (Wildman–Crippen MR) is 73.8 cm³/mol. The topological polar surface area (TPSA) is 76.0 Å². The van der Waals surface area contributed by atoms with E-state index in [-0.39, 0.29) is 16.6 Å². The molecule has 0 amide bonds. The monoisotopic (exact) mass is 337 g/mol. The summed E-state index contributed by atoms with van der Waals surface area (Å²) < 4.78 is 51.8. The molecule has 0 aliphatic rings. The van der Waals surface area contributed by atoms with Crippen molar-refractivity contribution in [3.8, 4) is 5.75 Å². The van der Waals surface area contributed by atoms with Gasteiger partial charge in [-0.15, -0.1) is 0 Å². The van der Waals surface area contributed by atoms with Crippen LogP contribution in [0.25, 0.3) is 10.9 Å². The number of ketones is 1. The van der Waals surface area contributed by atoms with Gasteiger partial charge in [-0.1, -0.05) is 6.07 Å². The van der Waals surface area contributed by atoms with Gasteiger partial charge in [0, 0.05) is 0 Å². The number of aromatic nitrogens is 3. The molecule has 9 heteroatoms. The van der Waals surface area contributed by atoms with Crippen LogP contribution in [0.5, 0.6) is 5.75 Å². The lowest BCUT2D eigenvalue weighted by Crippen LogP contribution is -2.16. The molecule has 3 aromatic rings. The molecule has 3 rings (SSSR count). The second-order valence-corrected chi connectivity index (χ2v) is 4.76. The van der Waals surface area contributed by atoms with Gasteiger partial charge in [-0.2, -0.15) is 13.2 Å². The Morgan fingerprint density at radius 2 is 1.83 bits per heavy atom. The zero-order valence-electron chi connectivity index (χ0n) is 11.7. The van der Waals surface area contributed by atoms with Crippen LogP contribution >= 0.6 is 0 Å². The van der Waals surface area contributed by atoms with Crippen molar-refractivity contribution in [1.29, 1.82) is 0 Å². The first-order valence-corrected chi connectivity index (χ1v) is 6.50. The maximum Gasteiger partial charge on any atom is 0.451 e. The van der Waals surface area contributed by atoms with Gasteiger partial charge in [0.15, 0.2) is 0 Å². The fourth-order valence-corrected chi connectivity index (χ4v) is 2.09. The van der Waals surface area contributed by atoms with Crippen molar-refractivity contribution in [3.63, 3.8) is 0 Å². The Bertz CT molecular complexity index is 940. The third-order valence-corrected chi connectivity index (χ3v) is 3.13. The van der Waals surface area contributed by atoms with Gasteiger partial charge in [0.1, 0.15) is 23.0 Å². The van der Waals surface area contributed by atoms with E-state index in [1.54, 1.807) is 0 Å². The highest BCUT2D eigenvalue weighted by molar-refractivity contribution is 6.14. The minimum Gasteiger partial charge on any atom is -0.507 e. The Labute approximate surface area is 131 Å². The van der Waals surface area contributed by atoms with E-state index >= 15 is 0 Å². The maximum absolute atomic E-state index is 13.0. The molecule has 1 aromatic carbocycles. The number of fused-ring (bicyclic) bond motifs is 1. The smallest absolute Gasteiger partial charge is 0.451 e. The van der Waals surface area contributed by atoms with Gasteiger partial charge < -0.3 is 5.11 Å². The second-order valence-electron chi connectivity index (χ2n) is 4.76. The van der Waals surface area contributed by atoms with E-state index in [2.05, 4.69) is 15.0 Å². The second kappa shape index (κ2) is 5.52. The van der Waals surface area contributed by atoms with Crippen LogP contribution in [0, 0.1) is 5.82 Å². The van der Waals surface area contributed by atoms with Crippen molar-refractivity contribution in [3.05, 3.63) is 59.6 Å². The zero-order chi connectivity index (χ0) is 17.5. The molecular weight excluding hydrogens is 330 g/mol. The number of alkyl halides is 3. The number of nitrogens with zero attached hydrogens (tertiary/aromatic N) is 3. The third kappa shape index (κ3) is 2.75. The van der Waals surface area contributed by atoms with Crippen molar-refractivity contribution < 1.29 is 27.5 Å². The molecule has 2 aromatic heterocycles. The molecule has 24 heavy (non-hydrogen) atoms. The highest BCUT2D eigenvalue weighted by Crippen LogP contribution is 2.32. The zero-order valence-corrected chi connectivity index (χ0v) is 11.7. The van der Waals surface area contributed by atoms with E-state index in [0.29, 0.717) is 0 Å². The number of aromatic hydroxyl groups is 1. The molecular formula is C15H7F4N3O2. The summed E-state index contributed by atoms with van der Waals surface area (Å²) in [5.74, 6) is -3.68. The molecule has 5 nitrogen and oxygen atoms in total. The third-order valence-electron chi connectivity index (χ3n) is 3.13. The summed E-state index contributed by atoms with van der Waals surface area (Å²) in [6, 6.07) is 5.64. The molecule has 122 valence electrons. The first-order valence-electron chi connectivity index (χ1n) is 6.50. The number of benzene rings is 1. The number of phenolic OH excluding ortho intramolecular Hbond substituents is 1. The molecule has 0 spiro atoms. The van der Waals surface area contributed by atoms with Crippen LogP contribution in [0.1, 0.15) is 22.0 Å². The summed E-state index contributed by atoms with van der Waals surface area (Å²) in [7, 11) is 0. The van der Waals surface area contributed by atoms with Crippen LogP contribution in [-0.2, 0) is 6.18 Å². The lowest BCUT2D eigenvalue weighted by molar-refractivity contribution is -0.144. The molecule has 2 heterocycles. The first-order chi connectivity index (χ1) is 11.3. The van der Waals surface area contributed by atoms with Crippen molar-refractivity contribution in [2.45, 2.75) is 6.18 Å². The number of rotatable bonds is 2. The SMILES string of the molecule is O=C(c1ccc(F)cn1)c1nc(C(F)(F)F)nc2cccc(O)c12. The number of carbonyl (C=O) groups excluding carboxylic acids is 1. The van der Waals surface area contributed by atoms with Gasteiger partial charge in [0.05, 0.1) is 17.1 Å². The highest BCUT2D eigenvalue weighted by atomic mass is 19.4. The molecule has 0 aliphatic carbocycles. The van der Waals surface area contributed by atoms with Crippen molar-refractivity contribution in [2.24, 2.45) is 0 Å². The van der Waals surface area contributed by atoms with Crippen molar-refractivity contribution >= 4 is 16.7 Å². The number of phenols is 1. The summed E-state index contributed by atoms with van der Waals surface area (Å²) >= 11 is 0. The summed E-state index contributed by atoms with van der Waals surface area (Å²) in [6.07, 6.45) is -4.13. The average Bonchev–Trinajstić information content (AvgIpc) is 2.53. The quantitative estimate of drug-likeness (QED) is 0.574. The van der Waals surface area contributed by atoms with Gasteiger partial charge in [-0.25, -0.2) is 19.3 Å². The largest absolute Gasteiger partial charge is 0.507 e. The summed E-state index contributed by atoms with van der Waals surface area (Å²) in [5.41, 5.74) is -1.22. The number of hydrogen-bond acceptors (Lipinski definition) is 5. The van der Waals surface area contributed by atoms with Crippen molar-refractivity contribution in [1.82, 2.24) is 15.0 Å². The van der Waals surface area contributed by atoms with E-state index in [0.717, 1.165) is 18.3 Å². The lowest BCUT2D eigenvalue weighted by atomic mass is 10.1. The molecule has 0 atom stereocenters. The maximum atomic E-state index is 13.0. The molecule has 0 fully saturated rings. The number of pyridine rings is 1. The Balaban J connectivity index is 2.28.